The average molecular weight is 429 g/mol. The summed E-state index contributed by atoms with van der Waals surface area (Å²) in [6.45, 7) is 6.97. The molecule has 7 heteroatoms. The topological polar surface area (TPSA) is 65.2 Å². The SMILES string of the molecule is CCNC(=NCc1cn2c(C)cccc2n1)N1CC[C@@H](O)C1.I. The van der Waals surface area contributed by atoms with Crippen molar-refractivity contribution in [1.82, 2.24) is 19.6 Å². The highest BCUT2D eigenvalue weighted by atomic mass is 127. The maximum atomic E-state index is 9.69. The first-order valence-electron chi connectivity index (χ1n) is 7.82. The zero-order valence-electron chi connectivity index (χ0n) is 13.6. The van der Waals surface area contributed by atoms with Gasteiger partial charge in [0.25, 0.3) is 0 Å². The number of aliphatic imine (C=N–C) groups is 1. The molecular weight excluding hydrogens is 405 g/mol. The van der Waals surface area contributed by atoms with Crippen LogP contribution in [-0.4, -0.2) is 51.1 Å². The Morgan fingerprint density at radius 3 is 2.96 bits per heavy atom. The molecule has 0 bridgehead atoms. The predicted molar refractivity (Wildman–Crippen MR) is 102 cm³/mol. The lowest BCUT2D eigenvalue weighted by atomic mass is 10.3. The number of guanidine groups is 1. The fraction of sp³-hybridized carbons (Fsp3) is 0.500. The number of aromatic nitrogens is 2. The molecular formula is C16H24IN5O. The molecule has 126 valence electrons. The van der Waals surface area contributed by atoms with Crippen LogP contribution in [0.5, 0.6) is 0 Å². The number of halogens is 1. The lowest BCUT2D eigenvalue weighted by molar-refractivity contribution is 0.188. The highest BCUT2D eigenvalue weighted by molar-refractivity contribution is 14.0. The summed E-state index contributed by atoms with van der Waals surface area (Å²) in [4.78, 5) is 11.4. The Labute approximate surface area is 153 Å². The Hall–Kier alpha value is -1.35. The third kappa shape index (κ3) is 4.14. The smallest absolute Gasteiger partial charge is 0.194 e. The van der Waals surface area contributed by atoms with Crippen molar-refractivity contribution in [2.45, 2.75) is 32.9 Å². The molecule has 2 aromatic heterocycles. The number of hydrogen-bond donors (Lipinski definition) is 2. The molecule has 0 spiro atoms. The van der Waals surface area contributed by atoms with Gasteiger partial charge in [-0.3, -0.25) is 0 Å². The minimum Gasteiger partial charge on any atom is -0.391 e. The van der Waals surface area contributed by atoms with Gasteiger partial charge >= 0.3 is 0 Å². The van der Waals surface area contributed by atoms with Crippen molar-refractivity contribution >= 4 is 35.6 Å². The first kappa shape index (κ1) is 18.0. The normalized spacial score (nSPS) is 18.3. The molecule has 2 N–H and O–H groups in total. The molecule has 0 aliphatic carbocycles. The Morgan fingerprint density at radius 1 is 1.48 bits per heavy atom. The number of imidazole rings is 1. The van der Waals surface area contributed by atoms with E-state index in [1.165, 1.54) is 0 Å². The lowest BCUT2D eigenvalue weighted by Crippen LogP contribution is -2.40. The monoisotopic (exact) mass is 429 g/mol. The largest absolute Gasteiger partial charge is 0.391 e. The maximum Gasteiger partial charge on any atom is 0.194 e. The summed E-state index contributed by atoms with van der Waals surface area (Å²) in [5.41, 5.74) is 3.06. The number of fused-ring (bicyclic) bond motifs is 1. The van der Waals surface area contributed by atoms with Gasteiger partial charge in [0, 0.05) is 31.5 Å². The fourth-order valence-electron chi connectivity index (χ4n) is 2.79. The van der Waals surface area contributed by atoms with E-state index in [-0.39, 0.29) is 30.1 Å². The number of aliphatic hydroxyl groups is 1. The third-order valence-electron chi connectivity index (χ3n) is 3.93. The summed E-state index contributed by atoms with van der Waals surface area (Å²) in [5.74, 6) is 0.854. The van der Waals surface area contributed by atoms with Crippen LogP contribution >= 0.6 is 24.0 Å². The van der Waals surface area contributed by atoms with Gasteiger partial charge in [-0.1, -0.05) is 6.07 Å². The summed E-state index contributed by atoms with van der Waals surface area (Å²) < 4.78 is 2.08. The number of aliphatic hydroxyl groups excluding tert-OH is 1. The van der Waals surface area contributed by atoms with Crippen LogP contribution in [0.2, 0.25) is 0 Å². The molecule has 0 radical (unpaired) electrons. The van der Waals surface area contributed by atoms with E-state index in [0.717, 1.165) is 42.5 Å². The van der Waals surface area contributed by atoms with Gasteiger partial charge in [0.05, 0.1) is 18.3 Å². The number of likely N-dealkylation sites (tertiary alicyclic amines) is 1. The molecule has 23 heavy (non-hydrogen) atoms. The second-order valence-corrected chi connectivity index (χ2v) is 5.69. The van der Waals surface area contributed by atoms with Crippen LogP contribution in [0.25, 0.3) is 5.65 Å². The number of pyridine rings is 1. The van der Waals surface area contributed by atoms with Crippen molar-refractivity contribution < 1.29 is 5.11 Å². The molecule has 0 aromatic carbocycles. The van der Waals surface area contributed by atoms with E-state index in [1.54, 1.807) is 0 Å². The highest BCUT2D eigenvalue weighted by Crippen LogP contribution is 2.11. The highest BCUT2D eigenvalue weighted by Gasteiger charge is 2.22. The van der Waals surface area contributed by atoms with Crippen LogP contribution in [0.15, 0.2) is 29.4 Å². The average Bonchev–Trinajstić information content (AvgIpc) is 3.10. The Kier molecular flexibility index (Phi) is 6.23. The van der Waals surface area contributed by atoms with Gasteiger partial charge in [-0.05, 0) is 32.4 Å². The van der Waals surface area contributed by atoms with Gasteiger partial charge in [0.1, 0.15) is 5.65 Å². The van der Waals surface area contributed by atoms with Gasteiger partial charge in [-0.2, -0.15) is 0 Å². The van der Waals surface area contributed by atoms with Crippen LogP contribution in [0.4, 0.5) is 0 Å². The lowest BCUT2D eigenvalue weighted by Gasteiger charge is -2.20. The number of nitrogens with one attached hydrogen (secondary N) is 1. The van der Waals surface area contributed by atoms with E-state index in [9.17, 15) is 5.11 Å². The Morgan fingerprint density at radius 2 is 2.30 bits per heavy atom. The minimum absolute atomic E-state index is 0. The van der Waals surface area contributed by atoms with E-state index < -0.39 is 0 Å². The van der Waals surface area contributed by atoms with Crippen molar-refractivity contribution in [3.63, 3.8) is 0 Å². The van der Waals surface area contributed by atoms with E-state index in [2.05, 4.69) is 44.5 Å². The van der Waals surface area contributed by atoms with Crippen molar-refractivity contribution in [1.29, 1.82) is 0 Å². The molecule has 3 heterocycles. The van der Waals surface area contributed by atoms with Crippen molar-refractivity contribution in [3.05, 3.63) is 35.8 Å². The van der Waals surface area contributed by atoms with E-state index >= 15 is 0 Å². The fourth-order valence-corrected chi connectivity index (χ4v) is 2.79. The summed E-state index contributed by atoms with van der Waals surface area (Å²) in [7, 11) is 0. The first-order chi connectivity index (χ1) is 10.7. The quantitative estimate of drug-likeness (QED) is 0.444. The van der Waals surface area contributed by atoms with Gasteiger partial charge in [-0.25, -0.2) is 9.98 Å². The zero-order chi connectivity index (χ0) is 15.5. The zero-order valence-corrected chi connectivity index (χ0v) is 15.9. The molecule has 1 aliphatic rings. The van der Waals surface area contributed by atoms with Crippen LogP contribution in [0.1, 0.15) is 24.7 Å². The number of rotatable bonds is 3. The molecule has 6 nitrogen and oxygen atoms in total. The van der Waals surface area contributed by atoms with Gasteiger partial charge < -0.3 is 19.7 Å². The number of nitrogens with zero attached hydrogens (tertiary/aromatic N) is 4. The van der Waals surface area contributed by atoms with Gasteiger partial charge in [0.2, 0.25) is 0 Å². The minimum atomic E-state index is -0.248. The Balaban J connectivity index is 0.00000192. The molecule has 0 amide bonds. The number of aryl methyl sites for hydroxylation is 1. The van der Waals surface area contributed by atoms with Crippen LogP contribution in [-0.2, 0) is 6.54 Å². The molecule has 0 unspecified atom stereocenters. The molecule has 3 rings (SSSR count). The van der Waals surface area contributed by atoms with E-state index in [0.29, 0.717) is 13.1 Å². The third-order valence-corrected chi connectivity index (χ3v) is 3.93. The number of β-amino-alcohol motifs (C(OH)–C–C–N with tert-alkyl or cyclic N) is 1. The van der Waals surface area contributed by atoms with Crippen LogP contribution < -0.4 is 5.32 Å². The molecule has 1 saturated heterocycles. The summed E-state index contributed by atoms with van der Waals surface area (Å²) in [6, 6.07) is 6.08. The molecule has 0 saturated carbocycles. The maximum absolute atomic E-state index is 9.69. The molecule has 1 atom stereocenters. The van der Waals surface area contributed by atoms with Crippen molar-refractivity contribution in [2.24, 2.45) is 4.99 Å². The predicted octanol–water partition coefficient (Wildman–Crippen LogP) is 1.79. The molecule has 2 aromatic rings. The molecule has 1 aliphatic heterocycles. The van der Waals surface area contributed by atoms with Gasteiger partial charge in [0.15, 0.2) is 5.96 Å². The van der Waals surface area contributed by atoms with Crippen molar-refractivity contribution in [3.8, 4) is 0 Å². The summed E-state index contributed by atoms with van der Waals surface area (Å²) in [5, 5.41) is 13.0. The summed E-state index contributed by atoms with van der Waals surface area (Å²) in [6.07, 6.45) is 2.59. The van der Waals surface area contributed by atoms with Crippen LogP contribution in [0.3, 0.4) is 0 Å². The second-order valence-electron chi connectivity index (χ2n) is 5.69. The standard InChI is InChI=1S/C16H23N5O.HI/c1-3-17-16(20-8-7-14(22)11-20)18-9-13-10-21-12(2)5-4-6-15(21)19-13;/h4-6,10,14,22H,3,7-9,11H2,1-2H3,(H,17,18);1H/t14-;/m1./s1. The number of hydrogen-bond acceptors (Lipinski definition) is 3. The second kappa shape index (κ2) is 7.96. The van der Waals surface area contributed by atoms with Crippen LogP contribution in [0, 0.1) is 6.92 Å². The van der Waals surface area contributed by atoms with Crippen molar-refractivity contribution in [2.75, 3.05) is 19.6 Å². The Bertz CT molecular complexity index is 684. The summed E-state index contributed by atoms with van der Waals surface area (Å²) >= 11 is 0. The first-order valence-corrected chi connectivity index (χ1v) is 7.82. The van der Waals surface area contributed by atoms with Gasteiger partial charge in [-0.15, -0.1) is 24.0 Å². The van der Waals surface area contributed by atoms with E-state index in [4.69, 9.17) is 0 Å². The van der Waals surface area contributed by atoms with E-state index in [1.807, 2.05) is 18.3 Å². The molecule has 1 fully saturated rings.